The number of hydrogen-bond donors (Lipinski definition) is 2. The summed E-state index contributed by atoms with van der Waals surface area (Å²) >= 11 is 11.9. The van der Waals surface area contributed by atoms with Gasteiger partial charge in [-0.15, -0.1) is 0 Å². The fraction of sp³-hybridized carbons (Fsp3) is 0.500. The van der Waals surface area contributed by atoms with Crippen molar-refractivity contribution in [3.8, 4) is 0 Å². The van der Waals surface area contributed by atoms with Gasteiger partial charge in [-0.05, 0) is 30.5 Å². The number of benzene rings is 1. The summed E-state index contributed by atoms with van der Waals surface area (Å²) in [7, 11) is 0. The highest BCUT2D eigenvalue weighted by atomic mass is 35.5. The molecule has 0 fully saturated rings. The fourth-order valence-corrected chi connectivity index (χ4v) is 2.23. The third-order valence-electron chi connectivity index (χ3n) is 2.91. The number of halogens is 2. The zero-order valence-corrected chi connectivity index (χ0v) is 12.6. The average Bonchev–Trinajstić information content (AvgIpc) is 2.38. The molecule has 0 saturated carbocycles. The van der Waals surface area contributed by atoms with E-state index in [1.165, 1.54) is 0 Å². The number of rotatable bonds is 7. The maximum Gasteiger partial charge on any atom is 0.236 e. The molecule has 0 aliphatic heterocycles. The summed E-state index contributed by atoms with van der Waals surface area (Å²) < 4.78 is 0. The monoisotopic (exact) mass is 302 g/mol. The number of nitrogens with one attached hydrogen (secondary N) is 1. The number of nitrogens with two attached hydrogens (primary N) is 1. The van der Waals surface area contributed by atoms with E-state index in [2.05, 4.69) is 12.2 Å². The van der Waals surface area contributed by atoms with Crippen molar-refractivity contribution in [2.24, 2.45) is 5.73 Å². The predicted molar refractivity (Wildman–Crippen MR) is 80.7 cm³/mol. The molecule has 1 aromatic rings. The molecule has 0 aromatic heterocycles. The normalized spacial score (nSPS) is 12.2. The van der Waals surface area contributed by atoms with Gasteiger partial charge < -0.3 is 11.1 Å². The SMILES string of the molecule is CCCC[C@H](N)C(=O)NCCc1ccc(Cl)cc1Cl. The average molecular weight is 303 g/mol. The van der Waals surface area contributed by atoms with Gasteiger partial charge in [0.05, 0.1) is 6.04 Å². The molecule has 1 rings (SSSR count). The van der Waals surface area contributed by atoms with E-state index in [1.807, 2.05) is 6.07 Å². The topological polar surface area (TPSA) is 55.1 Å². The van der Waals surface area contributed by atoms with E-state index in [9.17, 15) is 4.79 Å². The summed E-state index contributed by atoms with van der Waals surface area (Å²) in [5.74, 6) is -0.0986. The first-order chi connectivity index (χ1) is 9.04. The zero-order valence-electron chi connectivity index (χ0n) is 11.1. The standard InChI is InChI=1S/C14H20Cl2N2O/c1-2-3-4-13(17)14(19)18-8-7-10-5-6-11(15)9-12(10)16/h5-6,9,13H,2-4,7-8,17H2,1H3,(H,18,19)/t13-/m0/s1. The Morgan fingerprint density at radius 1 is 1.42 bits per heavy atom. The molecule has 3 N–H and O–H groups in total. The van der Waals surface area contributed by atoms with Gasteiger partial charge in [-0.2, -0.15) is 0 Å². The summed E-state index contributed by atoms with van der Waals surface area (Å²) in [6.45, 7) is 2.60. The number of carbonyl (C=O) groups excluding carboxylic acids is 1. The van der Waals surface area contributed by atoms with E-state index in [-0.39, 0.29) is 5.91 Å². The summed E-state index contributed by atoms with van der Waals surface area (Å²) in [5.41, 5.74) is 6.74. The van der Waals surface area contributed by atoms with Crippen LogP contribution in [0.1, 0.15) is 31.7 Å². The van der Waals surface area contributed by atoms with Gasteiger partial charge in [-0.25, -0.2) is 0 Å². The van der Waals surface area contributed by atoms with Crippen molar-refractivity contribution >= 4 is 29.1 Å². The van der Waals surface area contributed by atoms with Gasteiger partial charge in [0.2, 0.25) is 5.91 Å². The van der Waals surface area contributed by atoms with Gasteiger partial charge in [0.15, 0.2) is 0 Å². The van der Waals surface area contributed by atoms with Crippen LogP contribution in [0.25, 0.3) is 0 Å². The van der Waals surface area contributed by atoms with Crippen molar-refractivity contribution in [2.75, 3.05) is 6.54 Å². The minimum absolute atomic E-state index is 0.0986. The molecule has 0 aliphatic carbocycles. The maximum atomic E-state index is 11.7. The van der Waals surface area contributed by atoms with Gasteiger partial charge in [-0.3, -0.25) is 4.79 Å². The van der Waals surface area contributed by atoms with Crippen LogP contribution >= 0.6 is 23.2 Å². The highest BCUT2D eigenvalue weighted by Gasteiger charge is 2.12. The molecule has 0 aliphatic rings. The lowest BCUT2D eigenvalue weighted by Crippen LogP contribution is -2.41. The quantitative estimate of drug-likeness (QED) is 0.813. The molecule has 5 heteroatoms. The van der Waals surface area contributed by atoms with Crippen LogP contribution in [0, 0.1) is 0 Å². The van der Waals surface area contributed by atoms with Crippen molar-refractivity contribution in [2.45, 2.75) is 38.6 Å². The third kappa shape index (κ3) is 5.81. The van der Waals surface area contributed by atoms with E-state index >= 15 is 0 Å². The Morgan fingerprint density at radius 3 is 2.79 bits per heavy atom. The number of unbranched alkanes of at least 4 members (excludes halogenated alkanes) is 1. The molecule has 0 radical (unpaired) electrons. The second-order valence-corrected chi connectivity index (χ2v) is 5.37. The Bertz CT molecular complexity index is 424. The molecule has 0 unspecified atom stereocenters. The molecule has 19 heavy (non-hydrogen) atoms. The molecule has 3 nitrogen and oxygen atoms in total. The number of amides is 1. The smallest absolute Gasteiger partial charge is 0.236 e. The molecule has 0 spiro atoms. The van der Waals surface area contributed by atoms with Crippen molar-refractivity contribution < 1.29 is 4.79 Å². The van der Waals surface area contributed by atoms with Crippen LogP contribution in [0.5, 0.6) is 0 Å². The molecule has 0 heterocycles. The molecule has 1 amide bonds. The molecule has 0 bridgehead atoms. The molecule has 1 aromatic carbocycles. The Balaban J connectivity index is 2.35. The van der Waals surface area contributed by atoms with Gasteiger partial charge in [0, 0.05) is 16.6 Å². The summed E-state index contributed by atoms with van der Waals surface area (Å²) in [4.78, 5) is 11.7. The van der Waals surface area contributed by atoms with Gasteiger partial charge in [0.1, 0.15) is 0 Å². The minimum Gasteiger partial charge on any atom is -0.354 e. The first kappa shape index (κ1) is 16.3. The highest BCUT2D eigenvalue weighted by molar-refractivity contribution is 6.35. The van der Waals surface area contributed by atoms with Crippen LogP contribution in [0.15, 0.2) is 18.2 Å². The predicted octanol–water partition coefficient (Wildman–Crippen LogP) is 3.17. The Morgan fingerprint density at radius 2 is 2.16 bits per heavy atom. The molecule has 1 atom stereocenters. The van der Waals surface area contributed by atoms with Crippen LogP contribution in [0.3, 0.4) is 0 Å². The van der Waals surface area contributed by atoms with E-state index in [1.54, 1.807) is 12.1 Å². The van der Waals surface area contributed by atoms with Gasteiger partial charge >= 0.3 is 0 Å². The van der Waals surface area contributed by atoms with Crippen LogP contribution in [0.4, 0.5) is 0 Å². The lowest BCUT2D eigenvalue weighted by molar-refractivity contribution is -0.122. The lowest BCUT2D eigenvalue weighted by Gasteiger charge is -2.12. The van der Waals surface area contributed by atoms with E-state index < -0.39 is 6.04 Å². The zero-order chi connectivity index (χ0) is 14.3. The van der Waals surface area contributed by atoms with Gasteiger partial charge in [0.25, 0.3) is 0 Å². The Hall–Kier alpha value is -0.770. The molecule has 106 valence electrons. The van der Waals surface area contributed by atoms with E-state index in [0.717, 1.165) is 24.8 Å². The molecular weight excluding hydrogens is 283 g/mol. The lowest BCUT2D eigenvalue weighted by atomic mass is 10.1. The first-order valence-corrected chi connectivity index (χ1v) is 7.27. The minimum atomic E-state index is -0.416. The Kier molecular flexibility index (Phi) is 7.21. The van der Waals surface area contributed by atoms with Crippen LogP contribution in [0.2, 0.25) is 10.0 Å². The van der Waals surface area contributed by atoms with E-state index in [4.69, 9.17) is 28.9 Å². The summed E-state index contributed by atoms with van der Waals surface area (Å²) in [6.07, 6.45) is 3.41. The maximum absolute atomic E-state index is 11.7. The van der Waals surface area contributed by atoms with Crippen molar-refractivity contribution in [1.82, 2.24) is 5.32 Å². The molecular formula is C14H20Cl2N2O. The highest BCUT2D eigenvalue weighted by Crippen LogP contribution is 2.21. The fourth-order valence-electron chi connectivity index (χ4n) is 1.73. The summed E-state index contributed by atoms with van der Waals surface area (Å²) in [6, 6.07) is 4.94. The van der Waals surface area contributed by atoms with Crippen LogP contribution in [-0.4, -0.2) is 18.5 Å². The second-order valence-electron chi connectivity index (χ2n) is 4.53. The summed E-state index contributed by atoms with van der Waals surface area (Å²) in [5, 5.41) is 4.06. The number of carbonyl (C=O) groups is 1. The molecule has 0 saturated heterocycles. The Labute approximate surface area is 124 Å². The van der Waals surface area contributed by atoms with Crippen molar-refractivity contribution in [3.05, 3.63) is 33.8 Å². The second kappa shape index (κ2) is 8.41. The van der Waals surface area contributed by atoms with Crippen molar-refractivity contribution in [3.63, 3.8) is 0 Å². The van der Waals surface area contributed by atoms with Crippen LogP contribution < -0.4 is 11.1 Å². The largest absolute Gasteiger partial charge is 0.354 e. The van der Waals surface area contributed by atoms with E-state index in [0.29, 0.717) is 23.0 Å². The number of hydrogen-bond acceptors (Lipinski definition) is 2. The first-order valence-electron chi connectivity index (χ1n) is 6.51. The van der Waals surface area contributed by atoms with Crippen LogP contribution in [-0.2, 0) is 11.2 Å². The van der Waals surface area contributed by atoms with Gasteiger partial charge in [-0.1, -0.05) is 49.0 Å². The van der Waals surface area contributed by atoms with Crippen molar-refractivity contribution in [1.29, 1.82) is 0 Å². The third-order valence-corrected chi connectivity index (χ3v) is 3.50.